The van der Waals surface area contributed by atoms with Gasteiger partial charge < -0.3 is 25.0 Å². The Morgan fingerprint density at radius 2 is 2.15 bits per heavy atom. The third kappa shape index (κ3) is 3.51. The fourth-order valence-electron chi connectivity index (χ4n) is 3.80. The molecule has 9 heteroatoms. The number of nitrogens with one attached hydrogen (secondary N) is 2. The quantitative estimate of drug-likeness (QED) is 0.673. The van der Waals surface area contributed by atoms with E-state index < -0.39 is 11.7 Å². The van der Waals surface area contributed by atoms with E-state index in [2.05, 4.69) is 31.2 Å². The van der Waals surface area contributed by atoms with Gasteiger partial charge in [0.1, 0.15) is 11.4 Å². The van der Waals surface area contributed by atoms with Gasteiger partial charge in [-0.1, -0.05) is 15.9 Å². The number of piperidine rings is 1. The van der Waals surface area contributed by atoms with Crippen LogP contribution in [0.1, 0.15) is 41.5 Å². The van der Waals surface area contributed by atoms with Crippen LogP contribution in [0.25, 0.3) is 0 Å². The average molecular weight is 435 g/mol. The van der Waals surface area contributed by atoms with Crippen LogP contribution in [0.2, 0.25) is 0 Å². The van der Waals surface area contributed by atoms with Crippen LogP contribution in [-0.4, -0.2) is 50.7 Å². The van der Waals surface area contributed by atoms with Gasteiger partial charge in [-0.15, -0.1) is 0 Å². The minimum atomic E-state index is -0.910. The first-order chi connectivity index (χ1) is 13.0. The molecule has 1 saturated heterocycles. The van der Waals surface area contributed by atoms with Crippen molar-refractivity contribution in [2.45, 2.75) is 30.9 Å². The van der Waals surface area contributed by atoms with Gasteiger partial charge in [-0.3, -0.25) is 4.79 Å². The molecule has 2 aliphatic rings. The number of nitrogens with zero attached hydrogens (tertiary/aromatic N) is 2. The Hall–Kier alpha value is -2.55. The second kappa shape index (κ2) is 6.88. The summed E-state index contributed by atoms with van der Waals surface area (Å²) in [7, 11) is 0. The van der Waals surface area contributed by atoms with Gasteiger partial charge in [-0.05, 0) is 18.2 Å². The molecule has 4 rings (SSSR count). The number of carbonyl (C=O) groups is 2. The van der Waals surface area contributed by atoms with E-state index in [1.165, 1.54) is 11.1 Å². The molecule has 1 spiro atoms. The number of imidazole rings is 1. The van der Waals surface area contributed by atoms with Crippen molar-refractivity contribution in [3.63, 3.8) is 0 Å². The van der Waals surface area contributed by atoms with E-state index >= 15 is 0 Å². The molecule has 1 aromatic heterocycles. The van der Waals surface area contributed by atoms with Crippen LogP contribution >= 0.6 is 15.9 Å². The first-order valence-electron chi connectivity index (χ1n) is 8.72. The molecule has 2 aliphatic heterocycles. The number of carboxylic acid groups (broad SMARTS) is 1. The summed E-state index contributed by atoms with van der Waals surface area (Å²) >= 11 is 3.48. The average Bonchev–Trinajstić information content (AvgIpc) is 3.18. The molecule has 2 aromatic rings. The first-order valence-corrected chi connectivity index (χ1v) is 9.52. The smallest absolute Gasteiger partial charge is 0.407 e. The zero-order valence-corrected chi connectivity index (χ0v) is 16.0. The van der Waals surface area contributed by atoms with E-state index in [9.17, 15) is 14.7 Å². The fourth-order valence-corrected chi connectivity index (χ4v) is 4.18. The van der Waals surface area contributed by atoms with Gasteiger partial charge in [0.25, 0.3) is 5.91 Å². The van der Waals surface area contributed by atoms with Crippen molar-refractivity contribution in [3.05, 3.63) is 46.5 Å². The lowest BCUT2D eigenvalue weighted by molar-refractivity contribution is -0.0205. The monoisotopic (exact) mass is 434 g/mol. The molecule has 0 saturated carbocycles. The number of hydrogen-bond acceptors (Lipinski definition) is 4. The van der Waals surface area contributed by atoms with E-state index in [0.29, 0.717) is 32.4 Å². The summed E-state index contributed by atoms with van der Waals surface area (Å²) < 4.78 is 7.23. The normalized spacial score (nSPS) is 20.6. The number of halogens is 1. The SMILES string of the molecule is O=C(NC1CC2(CCN(C(=O)O)CC2)Oc2ccc(Br)cc21)c1ncc[nH]1. The maximum Gasteiger partial charge on any atom is 0.407 e. The highest BCUT2D eigenvalue weighted by atomic mass is 79.9. The summed E-state index contributed by atoms with van der Waals surface area (Å²) in [5.41, 5.74) is 0.407. The van der Waals surface area contributed by atoms with E-state index in [1.54, 1.807) is 6.20 Å². The molecule has 1 aromatic carbocycles. The number of aromatic amines is 1. The lowest BCUT2D eigenvalue weighted by Gasteiger charge is -2.46. The van der Waals surface area contributed by atoms with E-state index in [0.717, 1.165) is 15.8 Å². The number of hydrogen-bond donors (Lipinski definition) is 3. The number of aromatic nitrogens is 2. The second-order valence-corrected chi connectivity index (χ2v) is 7.82. The van der Waals surface area contributed by atoms with Crippen LogP contribution < -0.4 is 10.1 Å². The summed E-state index contributed by atoms with van der Waals surface area (Å²) in [5, 5.41) is 12.2. The van der Waals surface area contributed by atoms with Crippen LogP contribution in [0.15, 0.2) is 35.1 Å². The van der Waals surface area contributed by atoms with Gasteiger partial charge in [-0.25, -0.2) is 9.78 Å². The summed E-state index contributed by atoms with van der Waals surface area (Å²) in [6.07, 6.45) is 3.98. The minimum absolute atomic E-state index is 0.250. The Balaban J connectivity index is 1.60. The zero-order chi connectivity index (χ0) is 19.0. The van der Waals surface area contributed by atoms with Crippen LogP contribution in [0, 0.1) is 0 Å². The predicted octanol–water partition coefficient (Wildman–Crippen LogP) is 2.94. The van der Waals surface area contributed by atoms with Gasteiger partial charge in [0.05, 0.1) is 6.04 Å². The van der Waals surface area contributed by atoms with Gasteiger partial charge >= 0.3 is 6.09 Å². The third-order valence-corrected chi connectivity index (χ3v) is 5.71. The van der Waals surface area contributed by atoms with Crippen LogP contribution in [0.5, 0.6) is 5.75 Å². The lowest BCUT2D eigenvalue weighted by Crippen LogP contribution is -2.53. The predicted molar refractivity (Wildman–Crippen MR) is 99.7 cm³/mol. The third-order valence-electron chi connectivity index (χ3n) is 5.21. The number of amides is 2. The van der Waals surface area contributed by atoms with E-state index in [1.807, 2.05) is 18.2 Å². The van der Waals surface area contributed by atoms with Crippen molar-refractivity contribution in [1.29, 1.82) is 0 Å². The Labute approximate surface area is 164 Å². The Kier molecular flexibility index (Phi) is 4.55. The first kappa shape index (κ1) is 17.8. The molecule has 3 N–H and O–H groups in total. The molecule has 27 heavy (non-hydrogen) atoms. The maximum atomic E-state index is 12.5. The molecule has 3 heterocycles. The number of likely N-dealkylation sites (tertiary alicyclic amines) is 1. The molecule has 0 radical (unpaired) electrons. The Bertz CT molecular complexity index is 862. The largest absolute Gasteiger partial charge is 0.487 e. The standard InChI is InChI=1S/C18H19BrN4O4/c19-11-1-2-14-12(9-11)13(22-16(24)15-20-5-6-21-15)10-18(27-14)3-7-23(8-4-18)17(25)26/h1-2,5-6,9,13H,3-4,7-8,10H2,(H,20,21)(H,22,24)(H,25,26). The van der Waals surface area contributed by atoms with Crippen molar-refractivity contribution in [3.8, 4) is 5.75 Å². The number of benzene rings is 1. The van der Waals surface area contributed by atoms with Gasteiger partial charge in [0.15, 0.2) is 5.82 Å². The highest BCUT2D eigenvalue weighted by Gasteiger charge is 2.44. The van der Waals surface area contributed by atoms with Crippen molar-refractivity contribution < 1.29 is 19.4 Å². The molecule has 0 bridgehead atoms. The highest BCUT2D eigenvalue weighted by molar-refractivity contribution is 9.10. The number of ether oxygens (including phenoxy) is 1. The van der Waals surface area contributed by atoms with Gasteiger partial charge in [-0.2, -0.15) is 0 Å². The van der Waals surface area contributed by atoms with E-state index in [-0.39, 0.29) is 17.8 Å². The number of fused-ring (bicyclic) bond motifs is 1. The molecule has 2 amide bonds. The van der Waals surface area contributed by atoms with Crippen LogP contribution in [0.3, 0.4) is 0 Å². The Morgan fingerprint density at radius 3 is 2.81 bits per heavy atom. The van der Waals surface area contributed by atoms with Crippen molar-refractivity contribution >= 4 is 27.9 Å². The summed E-state index contributed by atoms with van der Waals surface area (Å²) in [6, 6.07) is 5.48. The zero-order valence-electron chi connectivity index (χ0n) is 14.4. The maximum absolute atomic E-state index is 12.5. The number of rotatable bonds is 2. The second-order valence-electron chi connectivity index (χ2n) is 6.90. The minimum Gasteiger partial charge on any atom is -0.487 e. The summed E-state index contributed by atoms with van der Waals surface area (Å²) in [6.45, 7) is 0.833. The van der Waals surface area contributed by atoms with Gasteiger partial charge in [0, 0.05) is 54.8 Å². The number of carbonyl (C=O) groups excluding carboxylic acids is 1. The molecule has 142 valence electrons. The van der Waals surface area contributed by atoms with Gasteiger partial charge in [0.2, 0.25) is 0 Å². The fraction of sp³-hybridized carbons (Fsp3) is 0.389. The van der Waals surface area contributed by atoms with Crippen LogP contribution in [0.4, 0.5) is 4.79 Å². The summed E-state index contributed by atoms with van der Waals surface area (Å²) in [4.78, 5) is 32.0. The number of H-pyrrole nitrogens is 1. The molecular weight excluding hydrogens is 416 g/mol. The summed E-state index contributed by atoms with van der Waals surface area (Å²) in [5.74, 6) is 0.696. The van der Waals surface area contributed by atoms with Crippen molar-refractivity contribution in [2.75, 3.05) is 13.1 Å². The molecule has 1 fully saturated rings. The molecule has 1 atom stereocenters. The van der Waals surface area contributed by atoms with Crippen molar-refractivity contribution in [1.82, 2.24) is 20.2 Å². The molecule has 8 nitrogen and oxygen atoms in total. The van der Waals surface area contributed by atoms with E-state index in [4.69, 9.17) is 4.74 Å². The topological polar surface area (TPSA) is 108 Å². The highest BCUT2D eigenvalue weighted by Crippen LogP contribution is 2.45. The Morgan fingerprint density at radius 1 is 1.37 bits per heavy atom. The lowest BCUT2D eigenvalue weighted by atomic mass is 9.80. The molecular formula is C18H19BrN4O4. The molecule has 1 unspecified atom stereocenters. The molecule has 0 aliphatic carbocycles. The van der Waals surface area contributed by atoms with Crippen LogP contribution in [-0.2, 0) is 0 Å². The van der Waals surface area contributed by atoms with Crippen molar-refractivity contribution in [2.24, 2.45) is 0 Å².